The summed E-state index contributed by atoms with van der Waals surface area (Å²) in [6, 6.07) is 33.6. The smallest absolute Gasteiger partial charge is 0.120 e. The molecule has 4 rings (SSSR count). The molecule has 0 fully saturated rings. The zero-order valence-corrected chi connectivity index (χ0v) is 19.4. The molecule has 0 unspecified atom stereocenters. The van der Waals surface area contributed by atoms with Crippen LogP contribution in [0.1, 0.15) is 48.9 Å². The van der Waals surface area contributed by atoms with E-state index in [0.717, 1.165) is 48.7 Å². The number of fused-ring (bicyclic) bond motifs is 1. The van der Waals surface area contributed by atoms with Crippen LogP contribution in [0.2, 0.25) is 0 Å². The highest BCUT2D eigenvalue weighted by molar-refractivity contribution is 5.88. The van der Waals surface area contributed by atoms with E-state index in [-0.39, 0.29) is 6.04 Å². The Hall–Kier alpha value is -3.14. The fraction of sp³-hybridized carbons (Fsp3) is 0.267. The number of rotatable bonds is 11. The molecule has 4 aromatic rings. The number of hydrogen-bond acceptors (Lipinski definition) is 3. The molecule has 2 atom stereocenters. The molecule has 0 amide bonds. The molecular formula is C30H34N2O. The van der Waals surface area contributed by atoms with E-state index in [0.29, 0.717) is 11.8 Å². The lowest BCUT2D eigenvalue weighted by Crippen LogP contribution is -2.34. The van der Waals surface area contributed by atoms with Gasteiger partial charge in [0.2, 0.25) is 0 Å². The molecule has 4 aromatic carbocycles. The first-order valence-electron chi connectivity index (χ1n) is 12.0. The van der Waals surface area contributed by atoms with Crippen molar-refractivity contribution in [3.05, 3.63) is 114 Å². The maximum absolute atomic E-state index is 11.0. The van der Waals surface area contributed by atoms with Gasteiger partial charge in [-0.3, -0.25) is 0 Å². The molecule has 0 saturated carbocycles. The highest BCUT2D eigenvalue weighted by Gasteiger charge is 2.22. The summed E-state index contributed by atoms with van der Waals surface area (Å²) in [6.45, 7) is 3.84. The largest absolute Gasteiger partial charge is 0.508 e. The van der Waals surface area contributed by atoms with E-state index in [4.69, 9.17) is 0 Å². The second-order valence-corrected chi connectivity index (χ2v) is 8.73. The maximum Gasteiger partial charge on any atom is 0.120 e. The fourth-order valence-electron chi connectivity index (χ4n) is 4.58. The van der Waals surface area contributed by atoms with E-state index in [2.05, 4.69) is 96.4 Å². The van der Waals surface area contributed by atoms with Gasteiger partial charge in [-0.05, 0) is 40.8 Å². The van der Waals surface area contributed by atoms with Gasteiger partial charge in [0, 0.05) is 30.7 Å². The van der Waals surface area contributed by atoms with Gasteiger partial charge in [0.15, 0.2) is 0 Å². The predicted octanol–water partition coefficient (Wildman–Crippen LogP) is 6.72. The summed E-state index contributed by atoms with van der Waals surface area (Å²) in [7, 11) is 0. The summed E-state index contributed by atoms with van der Waals surface area (Å²) in [5.41, 5.74) is 3.53. The molecule has 0 heterocycles. The lowest BCUT2D eigenvalue weighted by Gasteiger charge is -2.27. The second-order valence-electron chi connectivity index (χ2n) is 8.73. The summed E-state index contributed by atoms with van der Waals surface area (Å²) < 4.78 is 0. The number of benzene rings is 4. The zero-order chi connectivity index (χ0) is 22.9. The third kappa shape index (κ3) is 6.22. The molecular weight excluding hydrogens is 404 g/mol. The Kier molecular flexibility index (Phi) is 8.13. The van der Waals surface area contributed by atoms with Crippen molar-refractivity contribution in [1.82, 2.24) is 10.6 Å². The standard InChI is InChI=1S/C30H34N2O/c1-2-11-26(31-21-23-12-5-3-6-13-23)20-28(32-22-24-14-7-4-8-15-24)30-27-17-10-9-16-25(27)18-19-29(30)33/h3-10,12-19,26,28,31-33H,2,11,20-22H2,1H3/t26-,28-/m0/s1. The molecule has 0 bridgehead atoms. The van der Waals surface area contributed by atoms with Gasteiger partial charge >= 0.3 is 0 Å². The van der Waals surface area contributed by atoms with Gasteiger partial charge in [-0.2, -0.15) is 0 Å². The molecule has 170 valence electrons. The van der Waals surface area contributed by atoms with E-state index in [9.17, 15) is 5.11 Å². The highest BCUT2D eigenvalue weighted by atomic mass is 16.3. The Labute approximate surface area is 197 Å². The lowest BCUT2D eigenvalue weighted by atomic mass is 9.91. The Morgan fingerprint density at radius 2 is 1.30 bits per heavy atom. The van der Waals surface area contributed by atoms with E-state index >= 15 is 0 Å². The summed E-state index contributed by atoms with van der Waals surface area (Å²) in [4.78, 5) is 0. The fourth-order valence-corrected chi connectivity index (χ4v) is 4.58. The van der Waals surface area contributed by atoms with Crippen molar-refractivity contribution in [2.24, 2.45) is 0 Å². The molecule has 0 aliphatic heterocycles. The minimum atomic E-state index is 0.0242. The Morgan fingerprint density at radius 3 is 1.97 bits per heavy atom. The summed E-state index contributed by atoms with van der Waals surface area (Å²) >= 11 is 0. The van der Waals surface area contributed by atoms with Gasteiger partial charge in [0.05, 0.1) is 0 Å². The first kappa shape index (κ1) is 23.0. The molecule has 33 heavy (non-hydrogen) atoms. The van der Waals surface area contributed by atoms with Gasteiger partial charge < -0.3 is 15.7 Å². The molecule has 0 aliphatic carbocycles. The molecule has 0 aromatic heterocycles. The third-order valence-electron chi connectivity index (χ3n) is 6.29. The topological polar surface area (TPSA) is 44.3 Å². The van der Waals surface area contributed by atoms with Crippen molar-refractivity contribution >= 4 is 10.8 Å². The highest BCUT2D eigenvalue weighted by Crippen LogP contribution is 2.35. The van der Waals surface area contributed by atoms with Crippen molar-refractivity contribution in [1.29, 1.82) is 0 Å². The van der Waals surface area contributed by atoms with E-state index in [1.54, 1.807) is 0 Å². The molecule has 0 spiro atoms. The van der Waals surface area contributed by atoms with Crippen molar-refractivity contribution in [2.45, 2.75) is 51.4 Å². The lowest BCUT2D eigenvalue weighted by molar-refractivity contribution is 0.368. The predicted molar refractivity (Wildman–Crippen MR) is 138 cm³/mol. The van der Waals surface area contributed by atoms with Crippen LogP contribution in [0, 0.1) is 0 Å². The van der Waals surface area contributed by atoms with Crippen LogP contribution in [0.5, 0.6) is 5.75 Å². The Morgan fingerprint density at radius 1 is 0.697 bits per heavy atom. The maximum atomic E-state index is 11.0. The number of hydrogen-bond donors (Lipinski definition) is 3. The minimum absolute atomic E-state index is 0.0242. The van der Waals surface area contributed by atoms with E-state index in [1.807, 2.05) is 18.2 Å². The Bertz CT molecular complexity index is 1130. The number of aromatic hydroxyl groups is 1. The van der Waals surface area contributed by atoms with Crippen LogP contribution in [0.15, 0.2) is 97.1 Å². The third-order valence-corrected chi connectivity index (χ3v) is 6.29. The number of phenolic OH excluding ortho intramolecular Hbond substituents is 1. The first-order chi connectivity index (χ1) is 16.2. The van der Waals surface area contributed by atoms with Crippen molar-refractivity contribution in [3.8, 4) is 5.75 Å². The SMILES string of the molecule is CCC[C@@H](C[C@H](NCc1ccccc1)c1c(O)ccc2ccccc12)NCc1ccccc1. The summed E-state index contributed by atoms with van der Waals surface area (Å²) in [5.74, 6) is 0.359. The second kappa shape index (κ2) is 11.6. The summed E-state index contributed by atoms with van der Waals surface area (Å²) in [6.07, 6.45) is 3.09. The van der Waals surface area contributed by atoms with Crippen LogP contribution in [0.3, 0.4) is 0 Å². The van der Waals surface area contributed by atoms with Gasteiger partial charge in [-0.15, -0.1) is 0 Å². The average molecular weight is 439 g/mol. The average Bonchev–Trinajstić information content (AvgIpc) is 2.86. The first-order valence-corrected chi connectivity index (χ1v) is 12.0. The molecule has 3 heteroatoms. The van der Waals surface area contributed by atoms with Crippen LogP contribution >= 0.6 is 0 Å². The van der Waals surface area contributed by atoms with Crippen molar-refractivity contribution in [3.63, 3.8) is 0 Å². The van der Waals surface area contributed by atoms with E-state index < -0.39 is 0 Å². The monoisotopic (exact) mass is 438 g/mol. The van der Waals surface area contributed by atoms with Crippen LogP contribution in [-0.4, -0.2) is 11.1 Å². The molecule has 0 radical (unpaired) electrons. The van der Waals surface area contributed by atoms with Crippen molar-refractivity contribution < 1.29 is 5.11 Å². The number of phenols is 1. The van der Waals surface area contributed by atoms with Crippen molar-refractivity contribution in [2.75, 3.05) is 0 Å². The minimum Gasteiger partial charge on any atom is -0.508 e. The molecule has 0 saturated heterocycles. The molecule has 0 aliphatic rings. The van der Waals surface area contributed by atoms with E-state index in [1.165, 1.54) is 11.1 Å². The van der Waals surface area contributed by atoms with Gasteiger partial charge in [-0.25, -0.2) is 0 Å². The van der Waals surface area contributed by atoms with Gasteiger partial charge in [-0.1, -0.05) is 104 Å². The van der Waals surface area contributed by atoms with Crippen LogP contribution in [-0.2, 0) is 13.1 Å². The quantitative estimate of drug-likeness (QED) is 0.243. The van der Waals surface area contributed by atoms with Crippen LogP contribution in [0.25, 0.3) is 10.8 Å². The number of nitrogens with one attached hydrogen (secondary N) is 2. The van der Waals surface area contributed by atoms with Crippen LogP contribution in [0.4, 0.5) is 0 Å². The zero-order valence-electron chi connectivity index (χ0n) is 19.4. The normalized spacial score (nSPS) is 13.1. The molecule has 3 nitrogen and oxygen atoms in total. The Balaban J connectivity index is 1.61. The molecule has 3 N–H and O–H groups in total. The van der Waals surface area contributed by atoms with Crippen LogP contribution < -0.4 is 10.6 Å². The van der Waals surface area contributed by atoms with Gasteiger partial charge in [0.25, 0.3) is 0 Å². The van der Waals surface area contributed by atoms with Gasteiger partial charge in [0.1, 0.15) is 5.75 Å². The summed E-state index contributed by atoms with van der Waals surface area (Å²) in [5, 5.41) is 20.8.